The number of nitrogens with one attached hydrogen (secondary N) is 2. The van der Waals surface area contributed by atoms with Crippen molar-refractivity contribution in [3.8, 4) is 11.4 Å². The number of carbonyl (C=O) groups is 1. The van der Waals surface area contributed by atoms with Crippen LogP contribution < -0.4 is 10.9 Å². The number of aromatic amines is 1. The van der Waals surface area contributed by atoms with Crippen molar-refractivity contribution in [1.29, 1.82) is 0 Å². The third-order valence-electron chi connectivity index (χ3n) is 4.36. The molecule has 0 fully saturated rings. The maximum Gasteiger partial charge on any atom is 0.294 e. The number of halogens is 2. The van der Waals surface area contributed by atoms with Crippen LogP contribution in [0, 0.1) is 0 Å². The molecule has 0 spiro atoms. The van der Waals surface area contributed by atoms with Gasteiger partial charge in [-0.3, -0.25) is 9.59 Å². The average molecular weight is 503 g/mol. The van der Waals surface area contributed by atoms with E-state index in [9.17, 15) is 9.59 Å². The van der Waals surface area contributed by atoms with Gasteiger partial charge in [0.25, 0.3) is 11.5 Å². The predicted molar refractivity (Wildman–Crippen MR) is 118 cm³/mol. The Balaban J connectivity index is 1.56. The summed E-state index contributed by atoms with van der Waals surface area (Å²) in [4.78, 5) is 32.0. The first-order valence-electron chi connectivity index (χ1n) is 8.50. The molecule has 0 aliphatic carbocycles. The van der Waals surface area contributed by atoms with Crippen LogP contribution in [0.25, 0.3) is 33.5 Å². The number of amides is 1. The largest absolute Gasteiger partial charge is 0.449 e. The van der Waals surface area contributed by atoms with E-state index in [0.717, 1.165) is 16.0 Å². The smallest absolute Gasteiger partial charge is 0.294 e. The number of hydrogen-bond acceptors (Lipinski definition) is 7. The molecule has 8 nitrogen and oxygen atoms in total. The maximum absolute atomic E-state index is 12.6. The SMILES string of the molecule is O=C(Nc1ccc(-c2nc3c(oc4ccc(Br)cc43)c(=O)[nH]2)c(Cl)c1)c1csnn1. The molecule has 2 aromatic carbocycles. The Kier molecular flexibility index (Phi) is 4.61. The molecule has 0 atom stereocenters. The Morgan fingerprint density at radius 3 is 2.87 bits per heavy atom. The van der Waals surface area contributed by atoms with E-state index in [0.29, 0.717) is 38.6 Å². The number of nitrogens with zero attached hydrogens (tertiary/aromatic N) is 3. The van der Waals surface area contributed by atoms with Gasteiger partial charge >= 0.3 is 0 Å². The van der Waals surface area contributed by atoms with Crippen LogP contribution in [0.15, 0.2) is 55.5 Å². The Morgan fingerprint density at radius 1 is 1.23 bits per heavy atom. The highest BCUT2D eigenvalue weighted by atomic mass is 79.9. The van der Waals surface area contributed by atoms with E-state index < -0.39 is 11.5 Å². The average Bonchev–Trinajstić information content (AvgIpc) is 3.37. The van der Waals surface area contributed by atoms with Crippen LogP contribution in [0.5, 0.6) is 0 Å². The molecule has 2 N–H and O–H groups in total. The second-order valence-corrected chi connectivity index (χ2v) is 8.21. The van der Waals surface area contributed by atoms with Gasteiger partial charge in [-0.2, -0.15) is 0 Å². The fourth-order valence-corrected chi connectivity index (χ4v) is 4.06. The zero-order chi connectivity index (χ0) is 20.8. The van der Waals surface area contributed by atoms with Crippen LogP contribution in [-0.4, -0.2) is 25.5 Å². The molecular formula is C19H9BrClN5O3S. The fraction of sp³-hybridized carbons (Fsp3) is 0. The van der Waals surface area contributed by atoms with Crippen molar-refractivity contribution in [2.45, 2.75) is 0 Å². The molecule has 5 rings (SSSR count). The van der Waals surface area contributed by atoms with Gasteiger partial charge in [0.2, 0.25) is 5.58 Å². The lowest BCUT2D eigenvalue weighted by Crippen LogP contribution is -2.12. The van der Waals surface area contributed by atoms with Crippen molar-refractivity contribution in [2.75, 3.05) is 5.32 Å². The first kappa shape index (κ1) is 18.9. The molecule has 3 heterocycles. The number of H-pyrrole nitrogens is 1. The molecule has 0 bridgehead atoms. The quantitative estimate of drug-likeness (QED) is 0.364. The summed E-state index contributed by atoms with van der Waals surface area (Å²) in [6.45, 7) is 0. The summed E-state index contributed by atoms with van der Waals surface area (Å²) in [5.74, 6) is -0.0993. The molecule has 0 unspecified atom stereocenters. The minimum atomic E-state index is -0.410. The van der Waals surface area contributed by atoms with Gasteiger partial charge in [0.1, 0.15) is 16.9 Å². The van der Waals surface area contributed by atoms with E-state index in [4.69, 9.17) is 16.0 Å². The second-order valence-electron chi connectivity index (χ2n) is 6.27. The molecule has 0 saturated heterocycles. The Bertz CT molecular complexity index is 1500. The summed E-state index contributed by atoms with van der Waals surface area (Å²) in [5, 5.41) is 8.99. The third-order valence-corrected chi connectivity index (χ3v) is 5.67. The van der Waals surface area contributed by atoms with Crippen LogP contribution in [0.2, 0.25) is 5.02 Å². The Labute approximate surface area is 185 Å². The van der Waals surface area contributed by atoms with Crippen LogP contribution in [0.3, 0.4) is 0 Å². The van der Waals surface area contributed by atoms with E-state index in [1.165, 1.54) is 0 Å². The number of benzene rings is 2. The normalized spacial score (nSPS) is 11.3. The fourth-order valence-electron chi connectivity index (χ4n) is 3.00. The highest BCUT2D eigenvalue weighted by molar-refractivity contribution is 9.10. The molecule has 5 aromatic rings. The van der Waals surface area contributed by atoms with Crippen molar-refractivity contribution in [1.82, 2.24) is 19.6 Å². The standard InChI is InChI=1S/C19H9BrClN5O3S/c20-8-1-4-14-11(5-8)15-16(29-14)19(28)24-17(23-15)10-3-2-9(6-12(10)21)22-18(27)13-7-30-26-25-13/h1-7H,(H,22,27)(H,23,24,28). The Morgan fingerprint density at radius 2 is 2.10 bits per heavy atom. The molecule has 148 valence electrons. The van der Waals surface area contributed by atoms with Crippen LogP contribution >= 0.6 is 39.1 Å². The lowest BCUT2D eigenvalue weighted by Gasteiger charge is -2.07. The molecule has 1 amide bonds. The molecule has 0 saturated carbocycles. The van der Waals surface area contributed by atoms with Crippen molar-refractivity contribution in [3.63, 3.8) is 0 Å². The highest BCUT2D eigenvalue weighted by Crippen LogP contribution is 2.32. The molecule has 30 heavy (non-hydrogen) atoms. The van der Waals surface area contributed by atoms with E-state index in [2.05, 4.69) is 40.8 Å². The molecule has 0 aliphatic rings. The topological polar surface area (TPSA) is 114 Å². The summed E-state index contributed by atoms with van der Waals surface area (Å²) in [6, 6.07) is 10.3. The molecular weight excluding hydrogens is 494 g/mol. The van der Waals surface area contributed by atoms with E-state index in [1.54, 1.807) is 29.6 Å². The van der Waals surface area contributed by atoms with Gasteiger partial charge in [-0.05, 0) is 47.9 Å². The second kappa shape index (κ2) is 7.31. The van der Waals surface area contributed by atoms with Gasteiger partial charge in [0, 0.05) is 26.5 Å². The van der Waals surface area contributed by atoms with Crippen LogP contribution in [0.4, 0.5) is 5.69 Å². The monoisotopic (exact) mass is 501 g/mol. The van der Waals surface area contributed by atoms with Gasteiger partial charge in [-0.15, -0.1) is 5.10 Å². The van der Waals surface area contributed by atoms with Gasteiger partial charge in [0.15, 0.2) is 5.69 Å². The third kappa shape index (κ3) is 3.28. The van der Waals surface area contributed by atoms with Gasteiger partial charge in [-0.1, -0.05) is 32.0 Å². The molecule has 0 aliphatic heterocycles. The predicted octanol–water partition coefficient (Wildman–Crippen LogP) is 4.86. The molecule has 11 heteroatoms. The molecule has 0 radical (unpaired) electrons. The summed E-state index contributed by atoms with van der Waals surface area (Å²) in [7, 11) is 0. The van der Waals surface area contributed by atoms with Crippen molar-refractivity contribution in [2.24, 2.45) is 0 Å². The Hall–Kier alpha value is -3.08. The van der Waals surface area contributed by atoms with Crippen molar-refractivity contribution < 1.29 is 9.21 Å². The lowest BCUT2D eigenvalue weighted by atomic mass is 10.1. The number of carbonyl (C=O) groups excluding carboxylic acids is 1. The first-order valence-corrected chi connectivity index (χ1v) is 10.5. The summed E-state index contributed by atoms with van der Waals surface area (Å²) in [5.41, 5.74) is 1.93. The highest BCUT2D eigenvalue weighted by Gasteiger charge is 2.17. The minimum absolute atomic E-state index is 0.142. The number of hydrogen-bond donors (Lipinski definition) is 2. The number of rotatable bonds is 3. The van der Waals surface area contributed by atoms with Gasteiger partial charge in [0.05, 0.1) is 5.02 Å². The van der Waals surface area contributed by atoms with E-state index >= 15 is 0 Å². The number of furan rings is 1. The van der Waals surface area contributed by atoms with Gasteiger partial charge < -0.3 is 14.7 Å². The summed E-state index contributed by atoms with van der Waals surface area (Å²) in [6.07, 6.45) is 0. The van der Waals surface area contributed by atoms with Crippen LogP contribution in [-0.2, 0) is 0 Å². The summed E-state index contributed by atoms with van der Waals surface area (Å²) >= 11 is 10.9. The number of aromatic nitrogens is 4. The first-order chi connectivity index (χ1) is 14.5. The minimum Gasteiger partial charge on any atom is -0.449 e. The lowest BCUT2D eigenvalue weighted by molar-refractivity contribution is 0.102. The zero-order valence-electron chi connectivity index (χ0n) is 14.8. The number of fused-ring (bicyclic) bond motifs is 3. The van der Waals surface area contributed by atoms with Crippen molar-refractivity contribution in [3.05, 3.63) is 67.3 Å². The maximum atomic E-state index is 12.6. The number of anilines is 1. The van der Waals surface area contributed by atoms with E-state index in [1.807, 2.05) is 12.1 Å². The van der Waals surface area contributed by atoms with Gasteiger partial charge in [-0.25, -0.2) is 4.98 Å². The summed E-state index contributed by atoms with van der Waals surface area (Å²) < 4.78 is 10.1. The zero-order valence-corrected chi connectivity index (χ0v) is 17.9. The van der Waals surface area contributed by atoms with Crippen LogP contribution in [0.1, 0.15) is 10.5 Å². The van der Waals surface area contributed by atoms with E-state index in [-0.39, 0.29) is 11.3 Å². The molecule has 3 aromatic heterocycles. The van der Waals surface area contributed by atoms with Crippen molar-refractivity contribution >= 4 is 72.7 Å².